The van der Waals surface area contributed by atoms with Gasteiger partial charge in [-0.3, -0.25) is 4.90 Å². The van der Waals surface area contributed by atoms with Crippen molar-refractivity contribution in [3.63, 3.8) is 0 Å². The van der Waals surface area contributed by atoms with Crippen molar-refractivity contribution in [3.8, 4) is 5.69 Å². The molecule has 5 heteroatoms. The van der Waals surface area contributed by atoms with E-state index >= 15 is 0 Å². The molecule has 2 atom stereocenters. The van der Waals surface area contributed by atoms with Gasteiger partial charge in [0.2, 0.25) is 0 Å². The van der Waals surface area contributed by atoms with Crippen molar-refractivity contribution in [3.05, 3.63) is 48.3 Å². The molecule has 0 amide bonds. The predicted octanol–water partition coefficient (Wildman–Crippen LogP) is 1.15. The van der Waals surface area contributed by atoms with Gasteiger partial charge < -0.3 is 10.0 Å². The third-order valence-corrected chi connectivity index (χ3v) is 4.24. The molecule has 0 radical (unpaired) electrons. The van der Waals surface area contributed by atoms with E-state index in [0.29, 0.717) is 0 Å². The Labute approximate surface area is 125 Å². The molecule has 0 aliphatic carbocycles. The number of hydrogen-bond acceptors (Lipinski definition) is 4. The van der Waals surface area contributed by atoms with Gasteiger partial charge in [-0.1, -0.05) is 18.2 Å². The second kappa shape index (κ2) is 5.97. The van der Waals surface area contributed by atoms with E-state index in [-0.39, 0.29) is 6.04 Å². The molecule has 5 nitrogen and oxygen atoms in total. The summed E-state index contributed by atoms with van der Waals surface area (Å²) >= 11 is 0. The first-order chi connectivity index (χ1) is 10.2. The lowest BCUT2D eigenvalue weighted by Gasteiger charge is -2.40. The molecule has 1 aromatic heterocycles. The van der Waals surface area contributed by atoms with Crippen LogP contribution in [0, 0.1) is 0 Å². The van der Waals surface area contributed by atoms with Crippen molar-refractivity contribution >= 4 is 0 Å². The summed E-state index contributed by atoms with van der Waals surface area (Å²) in [7, 11) is 4.17. The van der Waals surface area contributed by atoms with Crippen molar-refractivity contribution in [2.75, 3.05) is 33.7 Å². The van der Waals surface area contributed by atoms with E-state index in [9.17, 15) is 5.11 Å². The second-order valence-corrected chi connectivity index (χ2v) is 5.76. The Kier molecular flexibility index (Phi) is 4.05. The Morgan fingerprint density at radius 2 is 1.90 bits per heavy atom. The largest absolute Gasteiger partial charge is 0.385 e. The zero-order valence-electron chi connectivity index (χ0n) is 12.6. The van der Waals surface area contributed by atoms with Gasteiger partial charge in [0.1, 0.15) is 6.10 Å². The molecular formula is C16H22N4O. The number of aromatic nitrogens is 2. The van der Waals surface area contributed by atoms with E-state index in [0.717, 1.165) is 31.0 Å². The quantitative estimate of drug-likeness (QED) is 0.919. The van der Waals surface area contributed by atoms with Crippen LogP contribution in [0.2, 0.25) is 0 Å². The van der Waals surface area contributed by atoms with Gasteiger partial charge in [-0.15, -0.1) is 0 Å². The number of benzene rings is 1. The van der Waals surface area contributed by atoms with Crippen LogP contribution in [0.5, 0.6) is 0 Å². The van der Waals surface area contributed by atoms with Gasteiger partial charge in [0.15, 0.2) is 0 Å². The summed E-state index contributed by atoms with van der Waals surface area (Å²) in [6, 6.07) is 11.9. The molecule has 0 bridgehead atoms. The maximum atomic E-state index is 10.8. The maximum absolute atomic E-state index is 10.8. The van der Waals surface area contributed by atoms with Gasteiger partial charge in [-0.2, -0.15) is 5.10 Å². The Hall–Kier alpha value is -1.69. The average molecular weight is 286 g/mol. The number of likely N-dealkylation sites (N-methyl/N-ethyl adjacent to an activating group) is 2. The molecule has 21 heavy (non-hydrogen) atoms. The van der Waals surface area contributed by atoms with Crippen LogP contribution in [-0.4, -0.2) is 64.5 Å². The van der Waals surface area contributed by atoms with Crippen LogP contribution >= 0.6 is 0 Å². The molecule has 1 fully saturated rings. The first-order valence-corrected chi connectivity index (χ1v) is 7.33. The van der Waals surface area contributed by atoms with Crippen LogP contribution in [0.25, 0.3) is 5.69 Å². The third-order valence-electron chi connectivity index (χ3n) is 4.24. The Morgan fingerprint density at radius 3 is 2.67 bits per heavy atom. The van der Waals surface area contributed by atoms with Gasteiger partial charge in [-0.25, -0.2) is 4.68 Å². The highest BCUT2D eigenvalue weighted by atomic mass is 16.3. The van der Waals surface area contributed by atoms with Crippen molar-refractivity contribution in [2.45, 2.75) is 12.1 Å². The molecule has 112 valence electrons. The minimum atomic E-state index is -0.555. The summed E-state index contributed by atoms with van der Waals surface area (Å²) in [6.45, 7) is 2.87. The highest BCUT2D eigenvalue weighted by Gasteiger charge is 2.31. The van der Waals surface area contributed by atoms with Gasteiger partial charge in [0, 0.05) is 25.8 Å². The lowest BCUT2D eigenvalue weighted by Crippen LogP contribution is -2.52. The monoisotopic (exact) mass is 286 g/mol. The summed E-state index contributed by atoms with van der Waals surface area (Å²) in [5, 5.41) is 15.2. The van der Waals surface area contributed by atoms with Crippen LogP contribution in [0.15, 0.2) is 42.6 Å². The zero-order valence-corrected chi connectivity index (χ0v) is 12.6. The van der Waals surface area contributed by atoms with E-state index in [1.807, 2.05) is 41.1 Å². The summed E-state index contributed by atoms with van der Waals surface area (Å²) < 4.78 is 1.83. The standard InChI is InChI=1S/C16H22N4O/c1-18-10-11-19(2)15(12-18)16(21)14-8-9-17-20(14)13-6-4-3-5-7-13/h3-9,15-16,21H,10-12H2,1-2H3. The lowest BCUT2D eigenvalue weighted by atomic mass is 10.0. The lowest BCUT2D eigenvalue weighted by molar-refractivity contribution is 0.0106. The fourth-order valence-electron chi connectivity index (χ4n) is 2.90. The molecule has 1 aromatic carbocycles. The summed E-state index contributed by atoms with van der Waals surface area (Å²) in [5.74, 6) is 0. The van der Waals surface area contributed by atoms with Crippen molar-refractivity contribution in [1.82, 2.24) is 19.6 Å². The molecule has 1 N–H and O–H groups in total. The van der Waals surface area contributed by atoms with Crippen LogP contribution in [0.3, 0.4) is 0 Å². The minimum absolute atomic E-state index is 0.0860. The fraction of sp³-hybridized carbons (Fsp3) is 0.438. The minimum Gasteiger partial charge on any atom is -0.385 e. The van der Waals surface area contributed by atoms with Crippen molar-refractivity contribution < 1.29 is 5.11 Å². The fourth-order valence-corrected chi connectivity index (χ4v) is 2.90. The van der Waals surface area contributed by atoms with Crippen LogP contribution in [-0.2, 0) is 0 Å². The first kappa shape index (κ1) is 14.3. The van der Waals surface area contributed by atoms with Gasteiger partial charge in [-0.05, 0) is 32.3 Å². The Bertz CT molecular complexity index is 583. The molecule has 2 unspecified atom stereocenters. The zero-order chi connectivity index (χ0) is 14.8. The SMILES string of the molecule is CN1CCN(C)C(C(O)c2ccnn2-c2ccccc2)C1. The van der Waals surface area contributed by atoms with E-state index < -0.39 is 6.10 Å². The van der Waals surface area contributed by atoms with Gasteiger partial charge in [0.05, 0.1) is 17.4 Å². The molecule has 3 rings (SSSR count). The molecule has 2 aromatic rings. The molecule has 1 saturated heterocycles. The van der Waals surface area contributed by atoms with Gasteiger partial charge in [0.25, 0.3) is 0 Å². The van der Waals surface area contributed by atoms with Crippen LogP contribution < -0.4 is 0 Å². The molecule has 0 spiro atoms. The predicted molar refractivity (Wildman–Crippen MR) is 82.4 cm³/mol. The molecule has 1 aliphatic rings. The average Bonchev–Trinajstić information content (AvgIpc) is 2.99. The molecule has 1 aliphatic heterocycles. The number of para-hydroxylation sites is 1. The maximum Gasteiger partial charge on any atom is 0.113 e. The first-order valence-electron chi connectivity index (χ1n) is 7.33. The second-order valence-electron chi connectivity index (χ2n) is 5.76. The number of aliphatic hydroxyl groups excluding tert-OH is 1. The third kappa shape index (κ3) is 2.85. The Balaban J connectivity index is 1.89. The van der Waals surface area contributed by atoms with Crippen molar-refractivity contribution in [1.29, 1.82) is 0 Å². The summed E-state index contributed by atoms with van der Waals surface area (Å²) in [4.78, 5) is 4.49. The van der Waals surface area contributed by atoms with E-state index in [2.05, 4.69) is 29.0 Å². The van der Waals surface area contributed by atoms with E-state index in [4.69, 9.17) is 0 Å². The number of hydrogen-bond donors (Lipinski definition) is 1. The Morgan fingerprint density at radius 1 is 1.14 bits per heavy atom. The number of rotatable bonds is 3. The summed E-state index contributed by atoms with van der Waals surface area (Å²) in [6.07, 6.45) is 1.19. The van der Waals surface area contributed by atoms with Crippen molar-refractivity contribution in [2.24, 2.45) is 0 Å². The molecular weight excluding hydrogens is 264 g/mol. The smallest absolute Gasteiger partial charge is 0.113 e. The highest BCUT2D eigenvalue weighted by Crippen LogP contribution is 2.24. The number of piperazine rings is 1. The summed E-state index contributed by atoms with van der Waals surface area (Å²) in [5.41, 5.74) is 1.82. The van der Waals surface area contributed by atoms with E-state index in [1.54, 1.807) is 6.20 Å². The number of nitrogens with zero attached hydrogens (tertiary/aromatic N) is 4. The van der Waals surface area contributed by atoms with Crippen LogP contribution in [0.4, 0.5) is 0 Å². The highest BCUT2D eigenvalue weighted by molar-refractivity contribution is 5.33. The molecule has 2 heterocycles. The topological polar surface area (TPSA) is 44.5 Å². The molecule has 0 saturated carbocycles. The number of aliphatic hydroxyl groups is 1. The van der Waals surface area contributed by atoms with Gasteiger partial charge >= 0.3 is 0 Å². The normalized spacial score (nSPS) is 22.3. The van der Waals surface area contributed by atoms with Crippen LogP contribution in [0.1, 0.15) is 11.8 Å². The van der Waals surface area contributed by atoms with E-state index in [1.165, 1.54) is 0 Å².